The number of rotatable bonds is 2. The molecule has 2 amide bonds. The van der Waals surface area contributed by atoms with Gasteiger partial charge in [-0.25, -0.2) is 4.79 Å². The SMILES string of the molecule is CSc1ccccc1NC(=O)N1C[C@@H]2COCC[C@]2(O)[C@H]2COCC[C@H]21. The van der Waals surface area contributed by atoms with Crippen molar-refractivity contribution in [3.63, 3.8) is 0 Å². The molecule has 26 heavy (non-hydrogen) atoms. The molecule has 3 heterocycles. The molecule has 1 aromatic carbocycles. The first-order chi connectivity index (χ1) is 12.6. The number of thioether (sulfide) groups is 1. The van der Waals surface area contributed by atoms with Gasteiger partial charge < -0.3 is 24.8 Å². The first kappa shape index (κ1) is 18.1. The first-order valence-corrected chi connectivity index (χ1v) is 10.4. The van der Waals surface area contributed by atoms with Gasteiger partial charge in [0.1, 0.15) is 0 Å². The van der Waals surface area contributed by atoms with Gasteiger partial charge in [0, 0.05) is 49.0 Å². The highest BCUT2D eigenvalue weighted by Crippen LogP contribution is 2.44. The lowest BCUT2D eigenvalue weighted by atomic mass is 9.66. The average Bonchev–Trinajstić information content (AvgIpc) is 2.68. The van der Waals surface area contributed by atoms with Crippen LogP contribution in [0.25, 0.3) is 0 Å². The summed E-state index contributed by atoms with van der Waals surface area (Å²) in [7, 11) is 0. The number of amides is 2. The van der Waals surface area contributed by atoms with Crippen molar-refractivity contribution in [3.05, 3.63) is 24.3 Å². The van der Waals surface area contributed by atoms with Crippen LogP contribution >= 0.6 is 11.8 Å². The van der Waals surface area contributed by atoms with Crippen molar-refractivity contribution in [3.8, 4) is 0 Å². The van der Waals surface area contributed by atoms with Crippen molar-refractivity contribution in [2.45, 2.75) is 29.4 Å². The molecule has 3 fully saturated rings. The normalized spacial score (nSPS) is 33.9. The molecular formula is C19H26N2O4S. The van der Waals surface area contributed by atoms with Crippen LogP contribution in [0.1, 0.15) is 12.8 Å². The van der Waals surface area contributed by atoms with E-state index in [1.165, 1.54) is 0 Å². The lowest BCUT2D eigenvalue weighted by Crippen LogP contribution is -2.69. The van der Waals surface area contributed by atoms with Crippen LogP contribution < -0.4 is 5.32 Å². The third-order valence-electron chi connectivity index (χ3n) is 6.06. The van der Waals surface area contributed by atoms with Gasteiger partial charge in [-0.15, -0.1) is 11.8 Å². The topological polar surface area (TPSA) is 71.0 Å². The van der Waals surface area contributed by atoms with Crippen LogP contribution in [0.5, 0.6) is 0 Å². The van der Waals surface area contributed by atoms with Crippen molar-refractivity contribution in [2.75, 3.05) is 44.5 Å². The Morgan fingerprint density at radius 1 is 1.31 bits per heavy atom. The molecule has 4 atom stereocenters. The Morgan fingerprint density at radius 2 is 2.12 bits per heavy atom. The second kappa shape index (κ2) is 7.38. The summed E-state index contributed by atoms with van der Waals surface area (Å²) in [6.45, 7) is 2.71. The number of hydrogen-bond acceptors (Lipinski definition) is 5. The molecule has 0 spiro atoms. The number of urea groups is 1. The first-order valence-electron chi connectivity index (χ1n) is 9.22. The molecular weight excluding hydrogens is 352 g/mol. The number of hydrogen-bond donors (Lipinski definition) is 2. The van der Waals surface area contributed by atoms with E-state index in [1.807, 2.05) is 35.4 Å². The summed E-state index contributed by atoms with van der Waals surface area (Å²) in [5, 5.41) is 14.4. The molecule has 3 aliphatic rings. The van der Waals surface area contributed by atoms with E-state index in [0.29, 0.717) is 39.4 Å². The van der Waals surface area contributed by atoms with Gasteiger partial charge in [0.05, 0.1) is 24.5 Å². The third kappa shape index (κ3) is 3.11. The van der Waals surface area contributed by atoms with Crippen molar-refractivity contribution in [2.24, 2.45) is 11.8 Å². The molecule has 142 valence electrons. The van der Waals surface area contributed by atoms with Crippen LogP contribution in [0.4, 0.5) is 10.5 Å². The second-order valence-electron chi connectivity index (χ2n) is 7.33. The minimum Gasteiger partial charge on any atom is -0.389 e. The molecule has 7 heteroatoms. The smallest absolute Gasteiger partial charge is 0.322 e. The van der Waals surface area contributed by atoms with E-state index in [-0.39, 0.29) is 23.9 Å². The number of benzene rings is 1. The van der Waals surface area contributed by atoms with Crippen molar-refractivity contribution in [1.82, 2.24) is 4.90 Å². The maximum atomic E-state index is 13.1. The molecule has 0 bridgehead atoms. The summed E-state index contributed by atoms with van der Waals surface area (Å²) in [5.74, 6) is -0.124. The summed E-state index contributed by atoms with van der Waals surface area (Å²) in [6, 6.07) is 7.73. The molecule has 0 saturated carbocycles. The summed E-state index contributed by atoms with van der Waals surface area (Å²) >= 11 is 1.61. The second-order valence-corrected chi connectivity index (χ2v) is 8.18. The number of ether oxygens (including phenoxy) is 2. The fourth-order valence-corrected chi connectivity index (χ4v) is 5.18. The standard InChI is InChI=1S/C19H26N2O4S/c1-26-17-5-3-2-4-15(17)20-18(22)21-10-13-11-25-9-7-19(13,23)14-12-24-8-6-16(14)21/h2-5,13-14,16,23H,6-12H2,1H3,(H,20,22)/t13-,14+,16-,19-/m1/s1. The Hall–Kier alpha value is -1.28. The molecule has 2 N–H and O–H groups in total. The number of aliphatic hydroxyl groups is 1. The van der Waals surface area contributed by atoms with Crippen molar-refractivity contribution in [1.29, 1.82) is 0 Å². The van der Waals surface area contributed by atoms with Gasteiger partial charge in [0.15, 0.2) is 0 Å². The predicted molar refractivity (Wildman–Crippen MR) is 101 cm³/mol. The molecule has 0 aromatic heterocycles. The number of fused-ring (bicyclic) bond motifs is 3. The number of nitrogens with zero attached hydrogens (tertiary/aromatic N) is 1. The zero-order chi connectivity index (χ0) is 18.1. The van der Waals surface area contributed by atoms with Gasteiger partial charge in [-0.05, 0) is 24.8 Å². The van der Waals surface area contributed by atoms with Crippen molar-refractivity contribution < 1.29 is 19.4 Å². The van der Waals surface area contributed by atoms with E-state index in [9.17, 15) is 9.90 Å². The largest absolute Gasteiger partial charge is 0.389 e. The predicted octanol–water partition coefficient (Wildman–Crippen LogP) is 2.43. The number of carbonyl (C=O) groups excluding carboxylic acids is 1. The lowest BCUT2D eigenvalue weighted by Gasteiger charge is -2.56. The maximum Gasteiger partial charge on any atom is 0.322 e. The van der Waals surface area contributed by atoms with Crippen LogP contribution in [-0.4, -0.2) is 66.9 Å². The van der Waals surface area contributed by atoms with Crippen LogP contribution in [0.2, 0.25) is 0 Å². The zero-order valence-corrected chi connectivity index (χ0v) is 15.8. The lowest BCUT2D eigenvalue weighted by molar-refractivity contribution is -0.211. The van der Waals surface area contributed by atoms with Crippen LogP contribution in [0.15, 0.2) is 29.2 Å². The summed E-state index contributed by atoms with van der Waals surface area (Å²) < 4.78 is 11.3. The van der Waals surface area contributed by atoms with E-state index >= 15 is 0 Å². The number of anilines is 1. The molecule has 4 rings (SSSR count). The van der Waals surface area contributed by atoms with E-state index in [1.54, 1.807) is 11.8 Å². The number of nitrogens with one attached hydrogen (secondary N) is 1. The minimum atomic E-state index is -0.794. The number of para-hydroxylation sites is 1. The fraction of sp³-hybridized carbons (Fsp3) is 0.632. The maximum absolute atomic E-state index is 13.1. The number of likely N-dealkylation sites (tertiary alicyclic amines) is 1. The Morgan fingerprint density at radius 3 is 2.96 bits per heavy atom. The van der Waals surface area contributed by atoms with Gasteiger partial charge in [-0.3, -0.25) is 0 Å². The van der Waals surface area contributed by atoms with Crippen LogP contribution in [0.3, 0.4) is 0 Å². The quantitative estimate of drug-likeness (QED) is 0.774. The average molecular weight is 378 g/mol. The Labute approximate surface area is 158 Å². The molecule has 0 radical (unpaired) electrons. The van der Waals surface area contributed by atoms with Crippen LogP contribution in [-0.2, 0) is 9.47 Å². The van der Waals surface area contributed by atoms with Gasteiger partial charge in [0.2, 0.25) is 0 Å². The van der Waals surface area contributed by atoms with Crippen molar-refractivity contribution >= 4 is 23.5 Å². The minimum absolute atomic E-state index is 0.00421. The van der Waals surface area contributed by atoms with Gasteiger partial charge >= 0.3 is 6.03 Å². The van der Waals surface area contributed by atoms with Gasteiger partial charge in [-0.2, -0.15) is 0 Å². The highest BCUT2D eigenvalue weighted by Gasteiger charge is 2.56. The van der Waals surface area contributed by atoms with Crippen LogP contribution in [0, 0.1) is 11.8 Å². The highest BCUT2D eigenvalue weighted by molar-refractivity contribution is 7.98. The molecule has 3 aliphatic heterocycles. The Bertz CT molecular complexity index is 673. The molecule has 6 nitrogen and oxygen atoms in total. The monoisotopic (exact) mass is 378 g/mol. The van der Waals surface area contributed by atoms with E-state index in [0.717, 1.165) is 17.0 Å². The highest BCUT2D eigenvalue weighted by atomic mass is 32.2. The summed E-state index contributed by atoms with van der Waals surface area (Å²) in [4.78, 5) is 16.1. The van der Waals surface area contributed by atoms with Gasteiger partial charge in [0.25, 0.3) is 0 Å². The third-order valence-corrected chi connectivity index (χ3v) is 6.86. The summed E-state index contributed by atoms with van der Waals surface area (Å²) in [6.07, 6.45) is 3.38. The molecule has 3 saturated heterocycles. The van der Waals surface area contributed by atoms with E-state index < -0.39 is 5.60 Å². The molecule has 0 aliphatic carbocycles. The molecule has 1 aromatic rings. The van der Waals surface area contributed by atoms with E-state index in [4.69, 9.17) is 9.47 Å². The number of piperidine rings is 1. The Balaban J connectivity index is 1.58. The molecule has 0 unspecified atom stereocenters. The fourth-order valence-electron chi connectivity index (χ4n) is 4.63. The number of carbonyl (C=O) groups is 1. The van der Waals surface area contributed by atoms with E-state index in [2.05, 4.69) is 5.32 Å². The zero-order valence-electron chi connectivity index (χ0n) is 15.0. The van der Waals surface area contributed by atoms with Gasteiger partial charge in [-0.1, -0.05) is 12.1 Å². The summed E-state index contributed by atoms with van der Waals surface area (Å²) in [5.41, 5.74) is 0.0337. The Kier molecular flexibility index (Phi) is 5.14.